The number of aromatic nitrogens is 1. The van der Waals surface area contributed by atoms with Gasteiger partial charge in [0.25, 0.3) is 5.91 Å². The lowest BCUT2D eigenvalue weighted by atomic mass is 10.2. The first kappa shape index (κ1) is 15.4. The van der Waals surface area contributed by atoms with Gasteiger partial charge in [0, 0.05) is 15.8 Å². The molecule has 0 unspecified atom stereocenters. The lowest BCUT2D eigenvalue weighted by molar-refractivity contribution is -0.131. The van der Waals surface area contributed by atoms with Crippen LogP contribution in [0.3, 0.4) is 0 Å². The lowest BCUT2D eigenvalue weighted by Crippen LogP contribution is -2.09. The van der Waals surface area contributed by atoms with Crippen molar-refractivity contribution in [1.29, 1.82) is 0 Å². The van der Waals surface area contributed by atoms with Crippen LogP contribution >= 0.6 is 22.7 Å². The SMILES string of the molecule is Cc1cc(C(=O)Nc2nc(C)c(C)s2)sc1/C=C/C(=O)O. The van der Waals surface area contributed by atoms with Gasteiger partial charge in [0.2, 0.25) is 0 Å². The number of carbonyl (C=O) groups is 2. The summed E-state index contributed by atoms with van der Waals surface area (Å²) in [5.74, 6) is -1.24. The average Bonchev–Trinajstić information content (AvgIpc) is 2.91. The number of rotatable bonds is 4. The molecule has 0 saturated heterocycles. The molecule has 110 valence electrons. The van der Waals surface area contributed by atoms with Gasteiger partial charge < -0.3 is 5.11 Å². The van der Waals surface area contributed by atoms with Gasteiger partial charge in [-0.3, -0.25) is 10.1 Å². The van der Waals surface area contributed by atoms with Crippen molar-refractivity contribution in [2.75, 3.05) is 5.32 Å². The molecule has 2 N–H and O–H groups in total. The molecule has 0 aliphatic carbocycles. The number of carboxylic acid groups (broad SMARTS) is 1. The summed E-state index contributed by atoms with van der Waals surface area (Å²) in [5.41, 5.74) is 1.77. The number of nitrogens with zero attached hydrogens (tertiary/aromatic N) is 1. The van der Waals surface area contributed by atoms with Gasteiger partial charge in [0.15, 0.2) is 5.13 Å². The van der Waals surface area contributed by atoms with Crippen LogP contribution in [0.4, 0.5) is 5.13 Å². The molecule has 7 heteroatoms. The molecule has 0 radical (unpaired) electrons. The first-order valence-electron chi connectivity index (χ1n) is 6.13. The second kappa shape index (κ2) is 6.19. The van der Waals surface area contributed by atoms with Gasteiger partial charge in [-0.2, -0.15) is 0 Å². The van der Waals surface area contributed by atoms with E-state index in [0.717, 1.165) is 27.1 Å². The largest absolute Gasteiger partial charge is 0.478 e. The fourth-order valence-electron chi connectivity index (χ4n) is 1.61. The molecule has 0 aliphatic heterocycles. The van der Waals surface area contributed by atoms with E-state index in [9.17, 15) is 9.59 Å². The van der Waals surface area contributed by atoms with Gasteiger partial charge in [0.05, 0.1) is 10.6 Å². The molecule has 21 heavy (non-hydrogen) atoms. The van der Waals surface area contributed by atoms with Crippen LogP contribution in [-0.4, -0.2) is 22.0 Å². The molecular weight excluding hydrogens is 308 g/mol. The van der Waals surface area contributed by atoms with Crippen molar-refractivity contribution in [3.05, 3.63) is 38.0 Å². The van der Waals surface area contributed by atoms with E-state index >= 15 is 0 Å². The van der Waals surface area contributed by atoms with Crippen LogP contribution in [0.5, 0.6) is 0 Å². The van der Waals surface area contributed by atoms with E-state index in [2.05, 4.69) is 10.3 Å². The zero-order chi connectivity index (χ0) is 15.6. The third-order valence-electron chi connectivity index (χ3n) is 2.81. The van der Waals surface area contributed by atoms with Gasteiger partial charge in [-0.15, -0.1) is 22.7 Å². The Labute approximate surface area is 130 Å². The molecule has 1 amide bonds. The van der Waals surface area contributed by atoms with E-state index < -0.39 is 5.97 Å². The number of thiazole rings is 1. The predicted molar refractivity (Wildman–Crippen MR) is 85.3 cm³/mol. The Kier molecular flexibility index (Phi) is 4.54. The van der Waals surface area contributed by atoms with Gasteiger partial charge in [0.1, 0.15) is 0 Å². The molecule has 0 fully saturated rings. The third kappa shape index (κ3) is 3.77. The molecule has 2 heterocycles. The Morgan fingerprint density at radius 1 is 1.29 bits per heavy atom. The summed E-state index contributed by atoms with van der Waals surface area (Å²) in [6.07, 6.45) is 2.56. The maximum absolute atomic E-state index is 12.2. The molecule has 2 rings (SSSR count). The summed E-state index contributed by atoms with van der Waals surface area (Å²) >= 11 is 2.69. The van der Waals surface area contributed by atoms with Crippen molar-refractivity contribution in [3.63, 3.8) is 0 Å². The lowest BCUT2D eigenvalue weighted by Gasteiger charge is -1.97. The monoisotopic (exact) mass is 322 g/mol. The molecule has 0 atom stereocenters. The van der Waals surface area contributed by atoms with E-state index in [4.69, 9.17) is 5.11 Å². The highest BCUT2D eigenvalue weighted by molar-refractivity contribution is 7.16. The average molecular weight is 322 g/mol. The van der Waals surface area contributed by atoms with Gasteiger partial charge >= 0.3 is 5.97 Å². The highest BCUT2D eigenvalue weighted by Crippen LogP contribution is 2.26. The van der Waals surface area contributed by atoms with E-state index in [-0.39, 0.29) is 5.91 Å². The van der Waals surface area contributed by atoms with Crippen molar-refractivity contribution in [1.82, 2.24) is 4.98 Å². The number of aryl methyl sites for hydroxylation is 3. The minimum Gasteiger partial charge on any atom is -0.478 e. The van der Waals surface area contributed by atoms with Crippen LogP contribution in [0.15, 0.2) is 12.1 Å². The number of nitrogens with one attached hydrogen (secondary N) is 1. The first-order valence-corrected chi connectivity index (χ1v) is 7.77. The maximum Gasteiger partial charge on any atom is 0.328 e. The fraction of sp³-hybridized carbons (Fsp3) is 0.214. The Morgan fingerprint density at radius 2 is 2.00 bits per heavy atom. The summed E-state index contributed by atoms with van der Waals surface area (Å²) in [7, 11) is 0. The van der Waals surface area contributed by atoms with E-state index in [1.54, 1.807) is 6.07 Å². The van der Waals surface area contributed by atoms with Crippen molar-refractivity contribution in [3.8, 4) is 0 Å². The minimum atomic E-state index is -1.01. The number of carboxylic acids is 1. The highest BCUT2D eigenvalue weighted by Gasteiger charge is 2.14. The summed E-state index contributed by atoms with van der Waals surface area (Å²) in [6, 6.07) is 1.74. The van der Waals surface area contributed by atoms with Crippen LogP contribution < -0.4 is 5.32 Å². The summed E-state index contributed by atoms with van der Waals surface area (Å²) in [4.78, 5) is 29.3. The number of thiophene rings is 1. The van der Waals surface area contributed by atoms with Crippen LogP contribution in [-0.2, 0) is 4.79 Å². The Balaban J connectivity index is 2.16. The van der Waals surface area contributed by atoms with Crippen molar-refractivity contribution in [2.24, 2.45) is 0 Å². The van der Waals surface area contributed by atoms with Crippen molar-refractivity contribution >= 4 is 45.8 Å². The number of hydrogen-bond acceptors (Lipinski definition) is 5. The standard InChI is InChI=1S/C14H14N2O3S2/c1-7-6-11(21-10(7)4-5-12(17)18)13(19)16-14-15-8(2)9(3)20-14/h4-6H,1-3H3,(H,17,18)(H,15,16,19)/b5-4+. The zero-order valence-electron chi connectivity index (χ0n) is 11.8. The second-order valence-corrected chi connectivity index (χ2v) is 6.73. The van der Waals surface area contributed by atoms with Gasteiger partial charge in [-0.05, 0) is 38.5 Å². The van der Waals surface area contributed by atoms with Crippen LogP contribution in [0, 0.1) is 20.8 Å². The molecule has 5 nitrogen and oxygen atoms in total. The third-order valence-corrected chi connectivity index (χ3v) is 5.00. The number of amides is 1. The number of anilines is 1. The molecular formula is C14H14N2O3S2. The quantitative estimate of drug-likeness (QED) is 0.845. The van der Waals surface area contributed by atoms with Crippen LogP contribution in [0.2, 0.25) is 0 Å². The molecule has 2 aromatic rings. The molecule has 0 bridgehead atoms. The topological polar surface area (TPSA) is 79.3 Å². The maximum atomic E-state index is 12.2. The normalized spacial score (nSPS) is 11.0. The van der Waals surface area contributed by atoms with Crippen LogP contribution in [0.25, 0.3) is 6.08 Å². The van der Waals surface area contributed by atoms with Crippen molar-refractivity contribution in [2.45, 2.75) is 20.8 Å². The number of carbonyl (C=O) groups excluding carboxylic acids is 1. The first-order chi connectivity index (χ1) is 9.86. The van der Waals surface area contributed by atoms with E-state index in [1.807, 2.05) is 20.8 Å². The fourth-order valence-corrected chi connectivity index (χ4v) is 3.39. The summed E-state index contributed by atoms with van der Waals surface area (Å²) in [6.45, 7) is 5.69. The van der Waals surface area contributed by atoms with Gasteiger partial charge in [-0.1, -0.05) is 0 Å². The van der Waals surface area contributed by atoms with Gasteiger partial charge in [-0.25, -0.2) is 9.78 Å². The molecule has 0 saturated carbocycles. The summed E-state index contributed by atoms with van der Waals surface area (Å²) in [5, 5.41) is 12.0. The van der Waals surface area contributed by atoms with Crippen molar-refractivity contribution < 1.29 is 14.7 Å². The minimum absolute atomic E-state index is 0.230. The number of hydrogen-bond donors (Lipinski definition) is 2. The smallest absolute Gasteiger partial charge is 0.328 e. The molecule has 0 aromatic carbocycles. The Hall–Kier alpha value is -1.99. The molecule has 2 aromatic heterocycles. The molecule has 0 aliphatic rings. The van der Waals surface area contributed by atoms with E-state index in [0.29, 0.717) is 10.0 Å². The van der Waals surface area contributed by atoms with E-state index in [1.165, 1.54) is 28.7 Å². The Bertz CT molecular complexity index is 709. The number of aliphatic carboxylic acids is 1. The van der Waals surface area contributed by atoms with Crippen LogP contribution in [0.1, 0.15) is 30.7 Å². The molecule has 0 spiro atoms. The summed E-state index contributed by atoms with van der Waals surface area (Å²) < 4.78 is 0. The Morgan fingerprint density at radius 3 is 2.57 bits per heavy atom. The predicted octanol–water partition coefficient (Wildman–Crippen LogP) is 3.48. The zero-order valence-corrected chi connectivity index (χ0v) is 13.4. The second-order valence-electron chi connectivity index (χ2n) is 4.44. The highest BCUT2D eigenvalue weighted by atomic mass is 32.1.